The zero-order chi connectivity index (χ0) is 26.9. The van der Waals surface area contributed by atoms with Crippen molar-refractivity contribution in [3.8, 4) is 23.0 Å². The summed E-state index contributed by atoms with van der Waals surface area (Å²) in [6.07, 6.45) is -6.86. The largest absolute Gasteiger partial charge is 0.504 e. The fourth-order valence-electron chi connectivity index (χ4n) is 5.33. The first-order valence-electron chi connectivity index (χ1n) is 12.0. The molecule has 0 amide bonds. The number of rotatable bonds is 8. The van der Waals surface area contributed by atoms with Crippen LogP contribution < -0.4 is 14.2 Å². The average Bonchev–Trinajstić information content (AvgIpc) is 2.92. The number of aromatic hydroxyl groups is 1. The van der Waals surface area contributed by atoms with Gasteiger partial charge in [0.15, 0.2) is 23.0 Å². The number of phenols is 1. The number of benzene rings is 2. The molecule has 0 unspecified atom stereocenters. The molecule has 1 aliphatic carbocycles. The molecule has 1 heterocycles. The SMILES string of the molecule is COc1cc([C@@H]2c3cc(O[C@@H]4O[C@H](CO)[C@@H](O)[C@H](O)[C@H]4O)c(OC)cc3C[C@H](CO)[C@H]2CO)ccc1O. The molecule has 4 rings (SSSR count). The molecule has 1 aliphatic heterocycles. The number of hydrogen-bond acceptors (Lipinski definition) is 11. The predicted octanol–water partition coefficient (Wildman–Crippen LogP) is -0.507. The van der Waals surface area contributed by atoms with Crippen LogP contribution in [0.5, 0.6) is 23.0 Å². The second-order valence-electron chi connectivity index (χ2n) is 9.42. The van der Waals surface area contributed by atoms with E-state index in [9.17, 15) is 35.7 Å². The molecular weight excluding hydrogens is 488 g/mol. The summed E-state index contributed by atoms with van der Waals surface area (Å²) in [6.45, 7) is -0.965. The van der Waals surface area contributed by atoms with Gasteiger partial charge in [0.05, 0.1) is 20.8 Å². The molecule has 11 nitrogen and oxygen atoms in total. The smallest absolute Gasteiger partial charge is 0.229 e. The van der Waals surface area contributed by atoms with Gasteiger partial charge >= 0.3 is 0 Å². The van der Waals surface area contributed by atoms with Gasteiger partial charge in [-0.15, -0.1) is 0 Å². The highest BCUT2D eigenvalue weighted by molar-refractivity contribution is 5.54. The summed E-state index contributed by atoms with van der Waals surface area (Å²) in [6, 6.07) is 8.33. The van der Waals surface area contributed by atoms with Crippen LogP contribution in [0, 0.1) is 11.8 Å². The molecule has 2 aliphatic rings. The van der Waals surface area contributed by atoms with E-state index in [1.54, 1.807) is 24.3 Å². The molecule has 2 aromatic carbocycles. The maximum atomic E-state index is 10.5. The molecule has 204 valence electrons. The molecule has 0 radical (unpaired) electrons. The maximum absolute atomic E-state index is 10.5. The van der Waals surface area contributed by atoms with E-state index in [1.165, 1.54) is 20.3 Å². The van der Waals surface area contributed by atoms with Crippen LogP contribution in [0.2, 0.25) is 0 Å². The summed E-state index contributed by atoms with van der Waals surface area (Å²) >= 11 is 0. The lowest BCUT2D eigenvalue weighted by Crippen LogP contribution is -2.60. The van der Waals surface area contributed by atoms with Crippen molar-refractivity contribution in [1.82, 2.24) is 0 Å². The predicted molar refractivity (Wildman–Crippen MR) is 129 cm³/mol. The van der Waals surface area contributed by atoms with E-state index in [0.717, 1.165) is 16.7 Å². The summed E-state index contributed by atoms with van der Waals surface area (Å²) in [5.74, 6) is -0.374. The second kappa shape index (κ2) is 11.4. The van der Waals surface area contributed by atoms with Gasteiger partial charge in [-0.1, -0.05) is 6.07 Å². The van der Waals surface area contributed by atoms with E-state index in [4.69, 9.17) is 18.9 Å². The van der Waals surface area contributed by atoms with Crippen molar-refractivity contribution in [2.24, 2.45) is 11.8 Å². The van der Waals surface area contributed by atoms with Gasteiger partial charge in [0, 0.05) is 19.1 Å². The lowest BCUT2D eigenvalue weighted by atomic mass is 9.67. The van der Waals surface area contributed by atoms with Gasteiger partial charge in [0.1, 0.15) is 24.4 Å². The third-order valence-corrected chi connectivity index (χ3v) is 7.38. The van der Waals surface area contributed by atoms with E-state index in [1.807, 2.05) is 0 Å². The molecule has 0 bridgehead atoms. The van der Waals surface area contributed by atoms with E-state index in [0.29, 0.717) is 12.2 Å². The molecule has 7 N–H and O–H groups in total. The van der Waals surface area contributed by atoms with Crippen LogP contribution in [-0.4, -0.2) is 100 Å². The first-order valence-corrected chi connectivity index (χ1v) is 12.0. The fraction of sp³-hybridized carbons (Fsp3) is 0.538. The highest BCUT2D eigenvalue weighted by atomic mass is 16.7. The van der Waals surface area contributed by atoms with Gasteiger partial charge < -0.3 is 54.7 Å². The number of phenolic OH excluding ortho intramolecular Hbond substituents is 1. The van der Waals surface area contributed by atoms with Crippen LogP contribution in [-0.2, 0) is 11.2 Å². The van der Waals surface area contributed by atoms with Gasteiger partial charge in [-0.3, -0.25) is 0 Å². The van der Waals surface area contributed by atoms with Gasteiger partial charge in [0.25, 0.3) is 0 Å². The van der Waals surface area contributed by atoms with Crippen LogP contribution >= 0.6 is 0 Å². The molecular formula is C26H34O11. The number of methoxy groups -OCH3 is 2. The third kappa shape index (κ3) is 5.08. The Morgan fingerprint density at radius 1 is 0.838 bits per heavy atom. The highest BCUT2D eigenvalue weighted by Gasteiger charge is 2.45. The van der Waals surface area contributed by atoms with Crippen LogP contribution in [0.3, 0.4) is 0 Å². The molecule has 0 aromatic heterocycles. The van der Waals surface area contributed by atoms with Crippen molar-refractivity contribution in [3.63, 3.8) is 0 Å². The Bertz CT molecular complexity index is 1070. The van der Waals surface area contributed by atoms with Crippen molar-refractivity contribution in [2.75, 3.05) is 34.0 Å². The Morgan fingerprint density at radius 2 is 1.57 bits per heavy atom. The van der Waals surface area contributed by atoms with Gasteiger partial charge in [-0.05, 0) is 59.2 Å². The first-order chi connectivity index (χ1) is 17.8. The van der Waals surface area contributed by atoms with Crippen molar-refractivity contribution in [1.29, 1.82) is 0 Å². The van der Waals surface area contributed by atoms with Gasteiger partial charge in [0.2, 0.25) is 6.29 Å². The van der Waals surface area contributed by atoms with Crippen molar-refractivity contribution >= 4 is 0 Å². The number of ether oxygens (including phenoxy) is 4. The monoisotopic (exact) mass is 522 g/mol. The van der Waals surface area contributed by atoms with E-state index in [-0.39, 0.29) is 42.3 Å². The van der Waals surface area contributed by atoms with Gasteiger partial charge in [-0.2, -0.15) is 0 Å². The minimum atomic E-state index is -1.61. The normalized spacial score (nSPS) is 31.5. The highest BCUT2D eigenvalue weighted by Crippen LogP contribution is 2.48. The molecule has 1 saturated heterocycles. The lowest BCUT2D eigenvalue weighted by molar-refractivity contribution is -0.277. The summed E-state index contributed by atoms with van der Waals surface area (Å²) in [4.78, 5) is 0. The summed E-state index contributed by atoms with van der Waals surface area (Å²) in [5.41, 5.74) is 2.34. The number of fused-ring (bicyclic) bond motifs is 1. The zero-order valence-corrected chi connectivity index (χ0v) is 20.6. The maximum Gasteiger partial charge on any atom is 0.229 e. The number of hydrogen-bond donors (Lipinski definition) is 7. The fourth-order valence-corrected chi connectivity index (χ4v) is 5.33. The Balaban J connectivity index is 1.79. The minimum absolute atomic E-state index is 0.0390. The Hall–Kier alpha value is -2.64. The third-order valence-electron chi connectivity index (χ3n) is 7.38. The Labute approximate surface area is 214 Å². The molecule has 1 fully saturated rings. The van der Waals surface area contributed by atoms with Crippen molar-refractivity contribution < 1.29 is 54.7 Å². The molecule has 0 spiro atoms. The number of aliphatic hydroxyl groups excluding tert-OH is 6. The molecule has 0 saturated carbocycles. The summed E-state index contributed by atoms with van der Waals surface area (Å²) < 4.78 is 22.2. The van der Waals surface area contributed by atoms with Gasteiger partial charge in [-0.25, -0.2) is 0 Å². The van der Waals surface area contributed by atoms with E-state index in [2.05, 4.69) is 0 Å². The first kappa shape index (κ1) is 27.4. The molecule has 11 heteroatoms. The average molecular weight is 523 g/mol. The molecule has 2 aromatic rings. The van der Waals surface area contributed by atoms with E-state index < -0.39 is 43.2 Å². The van der Waals surface area contributed by atoms with E-state index >= 15 is 0 Å². The minimum Gasteiger partial charge on any atom is -0.504 e. The Kier molecular flexibility index (Phi) is 8.44. The van der Waals surface area contributed by atoms with Crippen LogP contribution in [0.1, 0.15) is 22.6 Å². The zero-order valence-electron chi connectivity index (χ0n) is 20.6. The standard InChI is InChI=1S/C26H34O11/c1-34-18-6-12(3-4-17(18)30)22-15-8-20(36-26-25(33)24(32)23(31)21(11-29)37-26)19(35-2)7-13(15)5-14(9-27)16(22)10-28/h3-4,6-8,14,16,21-33H,5,9-11H2,1-2H3/t14-,16-,21-,22-,23-,24+,25-,26-/m1/s1. The van der Waals surface area contributed by atoms with Crippen LogP contribution in [0.15, 0.2) is 30.3 Å². The topological polar surface area (TPSA) is 179 Å². The van der Waals surface area contributed by atoms with Crippen LogP contribution in [0.25, 0.3) is 0 Å². The van der Waals surface area contributed by atoms with Crippen molar-refractivity contribution in [2.45, 2.75) is 43.0 Å². The lowest BCUT2D eigenvalue weighted by Gasteiger charge is -2.41. The molecule has 8 atom stereocenters. The summed E-state index contributed by atoms with van der Waals surface area (Å²) in [7, 11) is 2.87. The van der Waals surface area contributed by atoms with Crippen molar-refractivity contribution in [3.05, 3.63) is 47.0 Å². The molecule has 37 heavy (non-hydrogen) atoms. The quantitative estimate of drug-likeness (QED) is 0.238. The Morgan fingerprint density at radius 3 is 2.19 bits per heavy atom. The summed E-state index contributed by atoms with van der Waals surface area (Å²) in [5, 5.41) is 70.8. The van der Waals surface area contributed by atoms with Crippen LogP contribution in [0.4, 0.5) is 0 Å². The number of aliphatic hydroxyl groups is 6. The second-order valence-corrected chi connectivity index (χ2v) is 9.42.